The second kappa shape index (κ2) is 6.30. The van der Waals surface area contributed by atoms with Crippen LogP contribution in [0.15, 0.2) is 17.0 Å². The summed E-state index contributed by atoms with van der Waals surface area (Å²) < 4.78 is 27.1. The fourth-order valence-corrected chi connectivity index (χ4v) is 5.00. The van der Waals surface area contributed by atoms with E-state index < -0.39 is 10.0 Å². The molecule has 2 N–H and O–H groups in total. The lowest BCUT2D eigenvalue weighted by Gasteiger charge is -2.35. The van der Waals surface area contributed by atoms with Crippen molar-refractivity contribution >= 4 is 38.9 Å². The van der Waals surface area contributed by atoms with Gasteiger partial charge in [-0.1, -0.05) is 23.2 Å². The van der Waals surface area contributed by atoms with Crippen LogP contribution in [0.2, 0.25) is 10.0 Å². The zero-order valence-electron chi connectivity index (χ0n) is 12.0. The molecule has 0 aromatic heterocycles. The number of nitrogens with zero attached hydrogens (tertiary/aromatic N) is 2. The largest absolute Gasteiger partial charge is 0.398 e. The Bertz CT molecular complexity index is 611. The molecule has 1 heterocycles. The summed E-state index contributed by atoms with van der Waals surface area (Å²) in [5.41, 5.74) is 5.91. The van der Waals surface area contributed by atoms with Crippen LogP contribution in [0.3, 0.4) is 0 Å². The summed E-state index contributed by atoms with van der Waals surface area (Å²) in [6.45, 7) is 0.915. The Morgan fingerprint density at radius 2 is 2.00 bits per heavy atom. The number of likely N-dealkylation sites (N-methyl/N-ethyl adjacent to an activating group) is 1. The first kappa shape index (κ1) is 16.8. The maximum absolute atomic E-state index is 12.8. The first-order chi connectivity index (χ1) is 9.73. The monoisotopic (exact) mass is 351 g/mol. The van der Waals surface area contributed by atoms with E-state index in [-0.39, 0.29) is 21.6 Å². The van der Waals surface area contributed by atoms with Gasteiger partial charge in [-0.2, -0.15) is 4.31 Å². The van der Waals surface area contributed by atoms with Crippen molar-refractivity contribution in [3.8, 4) is 0 Å². The van der Waals surface area contributed by atoms with Crippen molar-refractivity contribution in [2.24, 2.45) is 0 Å². The Balaban J connectivity index is 2.39. The minimum atomic E-state index is -3.72. The molecule has 2 rings (SSSR count). The number of nitrogens with two attached hydrogens (primary N) is 1. The zero-order valence-corrected chi connectivity index (χ0v) is 14.3. The Morgan fingerprint density at radius 3 is 2.57 bits per heavy atom. The summed E-state index contributed by atoms with van der Waals surface area (Å²) in [5.74, 6) is 0. The van der Waals surface area contributed by atoms with Gasteiger partial charge in [-0.3, -0.25) is 0 Å². The average molecular weight is 352 g/mol. The predicted molar refractivity (Wildman–Crippen MR) is 86.3 cm³/mol. The smallest absolute Gasteiger partial charge is 0.246 e. The van der Waals surface area contributed by atoms with Gasteiger partial charge in [0.1, 0.15) is 4.90 Å². The van der Waals surface area contributed by atoms with E-state index in [1.54, 1.807) is 0 Å². The van der Waals surface area contributed by atoms with E-state index in [4.69, 9.17) is 28.9 Å². The van der Waals surface area contributed by atoms with E-state index in [1.165, 1.54) is 16.4 Å². The van der Waals surface area contributed by atoms with Crippen LogP contribution in [0.5, 0.6) is 0 Å². The van der Waals surface area contributed by atoms with Gasteiger partial charge in [0.2, 0.25) is 10.0 Å². The van der Waals surface area contributed by atoms with Crippen LogP contribution in [-0.4, -0.2) is 50.8 Å². The van der Waals surface area contributed by atoms with E-state index in [0.29, 0.717) is 18.1 Å². The lowest BCUT2D eigenvalue weighted by molar-refractivity contribution is 0.190. The van der Waals surface area contributed by atoms with E-state index in [1.807, 2.05) is 19.0 Å². The van der Waals surface area contributed by atoms with Crippen molar-refractivity contribution < 1.29 is 8.42 Å². The van der Waals surface area contributed by atoms with Gasteiger partial charge in [0.05, 0.1) is 10.7 Å². The molecule has 1 fully saturated rings. The first-order valence-corrected chi connectivity index (χ1v) is 8.84. The third-order valence-corrected chi connectivity index (χ3v) is 6.34. The Kier molecular flexibility index (Phi) is 5.05. The number of hydrogen-bond donors (Lipinski definition) is 1. The van der Waals surface area contributed by atoms with E-state index >= 15 is 0 Å². The maximum Gasteiger partial charge on any atom is 0.246 e. The predicted octanol–water partition coefficient (Wildman–Crippen LogP) is 2.29. The lowest BCUT2D eigenvalue weighted by Crippen LogP contribution is -2.47. The third kappa shape index (κ3) is 3.46. The van der Waals surface area contributed by atoms with E-state index in [9.17, 15) is 8.42 Å². The number of halogens is 2. The van der Waals surface area contributed by atoms with Crippen LogP contribution in [0.4, 0.5) is 5.69 Å². The molecule has 1 aromatic carbocycles. The number of benzene rings is 1. The lowest BCUT2D eigenvalue weighted by atomic mass is 10.1. The van der Waals surface area contributed by atoms with Crippen LogP contribution in [0.25, 0.3) is 0 Å². The molecule has 0 amide bonds. The first-order valence-electron chi connectivity index (χ1n) is 6.64. The normalized spacial score (nSPS) is 20.9. The SMILES string of the molecule is CN(C)C1CCCN(S(=O)(=O)c2c(N)cc(Cl)cc2Cl)C1. The molecular weight excluding hydrogens is 333 g/mol. The highest BCUT2D eigenvalue weighted by molar-refractivity contribution is 7.89. The Hall–Kier alpha value is -0.530. The summed E-state index contributed by atoms with van der Waals surface area (Å²) in [4.78, 5) is 1.99. The van der Waals surface area contributed by atoms with Gasteiger partial charge in [0, 0.05) is 24.2 Å². The molecule has 21 heavy (non-hydrogen) atoms. The third-order valence-electron chi connectivity index (χ3n) is 3.72. The van der Waals surface area contributed by atoms with Gasteiger partial charge >= 0.3 is 0 Å². The molecule has 8 heteroatoms. The molecule has 1 saturated heterocycles. The number of piperidine rings is 1. The van der Waals surface area contributed by atoms with Crippen LogP contribution < -0.4 is 5.73 Å². The van der Waals surface area contributed by atoms with Crippen LogP contribution >= 0.6 is 23.2 Å². The van der Waals surface area contributed by atoms with Crippen LogP contribution in [0, 0.1) is 0 Å². The summed E-state index contributed by atoms with van der Waals surface area (Å²) in [6, 6.07) is 3.01. The number of hydrogen-bond acceptors (Lipinski definition) is 4. The van der Waals surface area contributed by atoms with Crippen molar-refractivity contribution in [1.82, 2.24) is 9.21 Å². The van der Waals surface area contributed by atoms with E-state index in [0.717, 1.165) is 12.8 Å². The Morgan fingerprint density at radius 1 is 1.33 bits per heavy atom. The van der Waals surface area contributed by atoms with Crippen molar-refractivity contribution in [1.29, 1.82) is 0 Å². The fourth-order valence-electron chi connectivity index (χ4n) is 2.54. The van der Waals surface area contributed by atoms with Crippen molar-refractivity contribution in [3.63, 3.8) is 0 Å². The standard InChI is InChI=1S/C13H19Cl2N3O2S/c1-17(2)10-4-3-5-18(8-10)21(19,20)13-11(15)6-9(14)7-12(13)16/h6-7,10H,3-5,8,16H2,1-2H3. The minimum Gasteiger partial charge on any atom is -0.398 e. The summed E-state index contributed by atoms with van der Waals surface area (Å²) in [6.07, 6.45) is 1.79. The molecule has 0 spiro atoms. The summed E-state index contributed by atoms with van der Waals surface area (Å²) in [7, 11) is 0.182. The second-order valence-electron chi connectivity index (χ2n) is 5.43. The number of anilines is 1. The topological polar surface area (TPSA) is 66.6 Å². The zero-order chi connectivity index (χ0) is 15.8. The maximum atomic E-state index is 12.8. The number of nitrogen functional groups attached to an aromatic ring is 1. The molecule has 0 radical (unpaired) electrons. The quantitative estimate of drug-likeness (QED) is 0.848. The molecule has 1 atom stereocenters. The number of rotatable bonds is 3. The van der Waals surface area contributed by atoms with Gasteiger partial charge in [-0.15, -0.1) is 0 Å². The highest BCUT2D eigenvalue weighted by atomic mass is 35.5. The highest BCUT2D eigenvalue weighted by Crippen LogP contribution is 2.34. The molecule has 5 nitrogen and oxygen atoms in total. The average Bonchev–Trinajstić information content (AvgIpc) is 2.37. The van der Waals surface area contributed by atoms with Gasteiger partial charge < -0.3 is 10.6 Å². The minimum absolute atomic E-state index is 0.0482. The van der Waals surface area contributed by atoms with E-state index in [2.05, 4.69) is 0 Å². The second-order valence-corrected chi connectivity index (χ2v) is 8.15. The fraction of sp³-hybridized carbons (Fsp3) is 0.538. The molecule has 1 aromatic rings. The number of sulfonamides is 1. The molecule has 0 aliphatic carbocycles. The van der Waals surface area contributed by atoms with Crippen molar-refractivity contribution in [2.75, 3.05) is 32.9 Å². The molecule has 0 bridgehead atoms. The molecule has 1 aliphatic rings. The van der Waals surface area contributed by atoms with Gasteiger partial charge in [0.25, 0.3) is 0 Å². The summed E-state index contributed by atoms with van der Waals surface area (Å²) >= 11 is 11.9. The van der Waals surface area contributed by atoms with Gasteiger partial charge in [-0.25, -0.2) is 8.42 Å². The van der Waals surface area contributed by atoms with Crippen LogP contribution in [-0.2, 0) is 10.0 Å². The van der Waals surface area contributed by atoms with Crippen molar-refractivity contribution in [2.45, 2.75) is 23.8 Å². The van der Waals surface area contributed by atoms with Gasteiger partial charge in [-0.05, 0) is 39.1 Å². The molecular formula is C13H19Cl2N3O2S. The van der Waals surface area contributed by atoms with Crippen molar-refractivity contribution in [3.05, 3.63) is 22.2 Å². The summed E-state index contributed by atoms with van der Waals surface area (Å²) in [5, 5.41) is 0.383. The van der Waals surface area contributed by atoms with Crippen LogP contribution in [0.1, 0.15) is 12.8 Å². The molecule has 0 saturated carbocycles. The molecule has 1 unspecified atom stereocenters. The Labute approximate surface area is 135 Å². The molecule has 1 aliphatic heterocycles. The van der Waals surface area contributed by atoms with Gasteiger partial charge in [0.15, 0.2) is 0 Å². The highest BCUT2D eigenvalue weighted by Gasteiger charge is 2.33. The molecule has 118 valence electrons.